The minimum atomic E-state index is -5.08. The third-order valence-electron chi connectivity index (χ3n) is 3.59. The lowest BCUT2D eigenvalue weighted by molar-refractivity contribution is -0.192. The van der Waals surface area contributed by atoms with Crippen molar-refractivity contribution in [2.45, 2.75) is 44.2 Å². The second-order valence-corrected chi connectivity index (χ2v) is 7.91. The van der Waals surface area contributed by atoms with Gasteiger partial charge in [-0.25, -0.2) is 4.79 Å². The second kappa shape index (κ2) is 11.1. The summed E-state index contributed by atoms with van der Waals surface area (Å²) in [5.41, 5.74) is 6.99. The number of aliphatic carboxylic acids is 1. The van der Waals surface area contributed by atoms with Crippen molar-refractivity contribution in [2.24, 2.45) is 11.7 Å². The summed E-state index contributed by atoms with van der Waals surface area (Å²) in [7, 11) is 0. The highest BCUT2D eigenvalue weighted by atomic mass is 32.2. The fourth-order valence-corrected chi connectivity index (χ4v) is 3.20. The van der Waals surface area contributed by atoms with Crippen molar-refractivity contribution >= 4 is 28.9 Å². The van der Waals surface area contributed by atoms with Crippen molar-refractivity contribution in [3.63, 3.8) is 0 Å². The minimum Gasteiger partial charge on any atom is -0.492 e. The predicted octanol–water partition coefficient (Wildman–Crippen LogP) is 2.97. The Balaban J connectivity index is 0.000000516. The number of carboxylic acid groups (broad SMARTS) is 1. The third-order valence-corrected chi connectivity index (χ3v) is 4.57. The number of carboxylic acids is 1. The van der Waals surface area contributed by atoms with E-state index in [1.165, 1.54) is 0 Å². The molecule has 1 fully saturated rings. The molecule has 1 aromatic carbocycles. The molecular formula is C18H23F3N2O5S. The normalized spacial score (nSPS) is 17.4. The first kappa shape index (κ1) is 24.8. The quantitative estimate of drug-likeness (QED) is 0.601. The van der Waals surface area contributed by atoms with E-state index in [1.807, 2.05) is 24.3 Å². The Labute approximate surface area is 170 Å². The number of rotatable bonds is 7. The summed E-state index contributed by atoms with van der Waals surface area (Å²) in [6, 6.07) is 7.61. The van der Waals surface area contributed by atoms with E-state index < -0.39 is 12.1 Å². The highest BCUT2D eigenvalue weighted by Crippen LogP contribution is 2.24. The average molecular weight is 436 g/mol. The van der Waals surface area contributed by atoms with Gasteiger partial charge in [-0.1, -0.05) is 37.7 Å². The van der Waals surface area contributed by atoms with Gasteiger partial charge in [-0.05, 0) is 36.5 Å². The van der Waals surface area contributed by atoms with E-state index in [2.05, 4.69) is 19.2 Å². The van der Waals surface area contributed by atoms with Gasteiger partial charge < -0.3 is 15.6 Å². The Morgan fingerprint density at radius 1 is 1.28 bits per heavy atom. The largest absolute Gasteiger partial charge is 0.492 e. The van der Waals surface area contributed by atoms with Gasteiger partial charge in [0.1, 0.15) is 12.4 Å². The fraction of sp³-hybridized carbons (Fsp3) is 0.500. The molecule has 0 bridgehead atoms. The number of nitrogens with one attached hydrogen (secondary N) is 1. The average Bonchev–Trinajstić information content (AvgIpc) is 2.90. The molecule has 0 saturated carbocycles. The number of ether oxygens (including phenoxy) is 1. The van der Waals surface area contributed by atoms with Crippen molar-refractivity contribution in [3.05, 3.63) is 29.8 Å². The maximum absolute atomic E-state index is 11.5. The first-order valence-electron chi connectivity index (χ1n) is 8.67. The lowest BCUT2D eigenvalue weighted by Crippen LogP contribution is -2.29. The molecular weight excluding hydrogens is 413 g/mol. The summed E-state index contributed by atoms with van der Waals surface area (Å²) in [5.74, 6) is -1.65. The Hall–Kier alpha value is -2.27. The molecule has 0 aliphatic carbocycles. The van der Waals surface area contributed by atoms with Crippen molar-refractivity contribution < 1.29 is 37.4 Å². The number of benzene rings is 1. The molecule has 2 rings (SSSR count). The number of alkyl halides is 3. The van der Waals surface area contributed by atoms with Gasteiger partial charge in [-0.2, -0.15) is 13.2 Å². The molecule has 4 N–H and O–H groups in total. The highest BCUT2D eigenvalue weighted by Gasteiger charge is 2.38. The number of carbonyl (C=O) groups is 3. The van der Waals surface area contributed by atoms with Crippen LogP contribution in [0.4, 0.5) is 18.0 Å². The molecule has 0 aromatic heterocycles. The number of halogens is 3. The van der Waals surface area contributed by atoms with Crippen molar-refractivity contribution in [3.8, 4) is 5.75 Å². The molecule has 7 nitrogen and oxygen atoms in total. The van der Waals surface area contributed by atoms with Crippen LogP contribution >= 0.6 is 11.8 Å². The first-order chi connectivity index (χ1) is 13.4. The van der Waals surface area contributed by atoms with E-state index >= 15 is 0 Å². The number of hydrogen-bond acceptors (Lipinski definition) is 6. The molecule has 1 aliphatic rings. The van der Waals surface area contributed by atoms with E-state index in [9.17, 15) is 22.8 Å². The molecule has 2 unspecified atom stereocenters. The molecule has 0 spiro atoms. The van der Waals surface area contributed by atoms with Crippen LogP contribution < -0.4 is 15.8 Å². The Morgan fingerprint density at radius 2 is 1.83 bits per heavy atom. The summed E-state index contributed by atoms with van der Waals surface area (Å²) in [5, 5.41) is 8.81. The standard InChI is InChI=1S/C16H22N2O3S.C2HF3O2/c1-10(2)7-12(17)9-21-13-5-3-11(4-6-13)8-14-15(19)18-16(20)22-14;3-2(4,5)1(6)7/h3-6,10,12,14H,7-9,17H2,1-2H3,(H,18,19,20);(H,6,7). The van der Waals surface area contributed by atoms with E-state index in [0.717, 1.165) is 29.5 Å². The third kappa shape index (κ3) is 9.66. The van der Waals surface area contributed by atoms with Gasteiger partial charge in [0.2, 0.25) is 5.91 Å². The number of amides is 2. The first-order valence-corrected chi connectivity index (χ1v) is 9.55. The number of hydrogen-bond donors (Lipinski definition) is 3. The number of thioether (sulfide) groups is 1. The summed E-state index contributed by atoms with van der Waals surface area (Å²) in [6.07, 6.45) is -3.62. The van der Waals surface area contributed by atoms with Crippen LogP contribution in [0.25, 0.3) is 0 Å². The van der Waals surface area contributed by atoms with Crippen LogP contribution in [0, 0.1) is 5.92 Å². The van der Waals surface area contributed by atoms with Gasteiger partial charge >= 0.3 is 12.1 Å². The van der Waals surface area contributed by atoms with E-state index in [-0.39, 0.29) is 22.4 Å². The summed E-state index contributed by atoms with van der Waals surface area (Å²) < 4.78 is 37.4. The van der Waals surface area contributed by atoms with E-state index in [0.29, 0.717) is 18.9 Å². The summed E-state index contributed by atoms with van der Waals surface area (Å²) in [6.45, 7) is 4.76. The number of nitrogens with two attached hydrogens (primary N) is 1. The fourth-order valence-electron chi connectivity index (χ4n) is 2.34. The molecule has 1 aromatic rings. The molecule has 0 radical (unpaired) electrons. The molecule has 1 heterocycles. The zero-order valence-electron chi connectivity index (χ0n) is 15.9. The van der Waals surface area contributed by atoms with Crippen LogP contribution in [0.3, 0.4) is 0 Å². The van der Waals surface area contributed by atoms with E-state index in [1.54, 1.807) is 0 Å². The van der Waals surface area contributed by atoms with Gasteiger partial charge in [0.25, 0.3) is 5.24 Å². The van der Waals surface area contributed by atoms with Crippen LogP contribution in [0.1, 0.15) is 25.8 Å². The van der Waals surface area contributed by atoms with Crippen LogP contribution in [-0.4, -0.2) is 46.3 Å². The lowest BCUT2D eigenvalue weighted by Gasteiger charge is -2.15. The maximum atomic E-state index is 11.5. The molecule has 2 atom stereocenters. The Kier molecular flexibility index (Phi) is 9.44. The van der Waals surface area contributed by atoms with Crippen molar-refractivity contribution in [1.29, 1.82) is 0 Å². The van der Waals surface area contributed by atoms with Crippen molar-refractivity contribution in [2.75, 3.05) is 6.61 Å². The number of carbonyl (C=O) groups excluding carboxylic acids is 2. The minimum absolute atomic E-state index is 0.0317. The Bertz CT molecular complexity index is 710. The summed E-state index contributed by atoms with van der Waals surface area (Å²) in [4.78, 5) is 31.6. The molecule has 1 aliphatic heterocycles. The summed E-state index contributed by atoms with van der Waals surface area (Å²) >= 11 is 1.05. The van der Waals surface area contributed by atoms with Crippen LogP contribution in [-0.2, 0) is 16.0 Å². The molecule has 162 valence electrons. The highest BCUT2D eigenvalue weighted by molar-refractivity contribution is 8.15. The smallest absolute Gasteiger partial charge is 0.490 e. The number of imide groups is 1. The SMILES string of the molecule is CC(C)CC(N)COc1ccc(CC2SC(=O)NC2=O)cc1.O=C(O)C(F)(F)F. The van der Waals surface area contributed by atoms with Gasteiger partial charge in [-0.15, -0.1) is 0 Å². The molecule has 2 amide bonds. The van der Waals surface area contributed by atoms with Crippen LogP contribution in [0.2, 0.25) is 0 Å². The van der Waals surface area contributed by atoms with Crippen LogP contribution in [0.15, 0.2) is 24.3 Å². The van der Waals surface area contributed by atoms with Gasteiger partial charge in [0.15, 0.2) is 0 Å². The Morgan fingerprint density at radius 3 is 2.24 bits per heavy atom. The monoisotopic (exact) mass is 436 g/mol. The zero-order chi connectivity index (χ0) is 22.2. The lowest BCUT2D eigenvalue weighted by atomic mass is 10.1. The van der Waals surface area contributed by atoms with E-state index in [4.69, 9.17) is 20.4 Å². The van der Waals surface area contributed by atoms with Gasteiger partial charge in [0, 0.05) is 6.04 Å². The molecule has 1 saturated heterocycles. The molecule has 29 heavy (non-hydrogen) atoms. The maximum Gasteiger partial charge on any atom is 0.490 e. The van der Waals surface area contributed by atoms with Gasteiger partial charge in [-0.3, -0.25) is 14.9 Å². The van der Waals surface area contributed by atoms with Crippen molar-refractivity contribution in [1.82, 2.24) is 5.32 Å². The predicted molar refractivity (Wildman–Crippen MR) is 102 cm³/mol. The van der Waals surface area contributed by atoms with Crippen LogP contribution in [0.5, 0.6) is 5.75 Å². The molecule has 11 heteroatoms. The van der Waals surface area contributed by atoms with Gasteiger partial charge in [0.05, 0.1) is 5.25 Å². The zero-order valence-corrected chi connectivity index (χ0v) is 16.7. The second-order valence-electron chi connectivity index (χ2n) is 6.73. The topological polar surface area (TPSA) is 119 Å².